The van der Waals surface area contributed by atoms with Gasteiger partial charge in [0.15, 0.2) is 0 Å². The zero-order valence-electron chi connectivity index (χ0n) is 12.0. The fraction of sp³-hybridized carbons (Fsp3) is 0.846. The van der Waals surface area contributed by atoms with E-state index < -0.39 is 0 Å². The quantitative estimate of drug-likeness (QED) is 0.579. The minimum absolute atomic E-state index is 0.207. The molecule has 2 radical (unpaired) electrons. The van der Waals surface area contributed by atoms with Gasteiger partial charge in [0.2, 0.25) is 0 Å². The third-order valence-electron chi connectivity index (χ3n) is 1.97. The molecule has 1 rings (SSSR count). The zero-order chi connectivity index (χ0) is 13.1. The first-order valence-electron chi connectivity index (χ1n) is 6.26. The van der Waals surface area contributed by atoms with Crippen LogP contribution in [0.3, 0.4) is 0 Å². The van der Waals surface area contributed by atoms with Gasteiger partial charge < -0.3 is 0 Å². The van der Waals surface area contributed by atoms with Gasteiger partial charge in [0.05, 0.1) is 0 Å². The van der Waals surface area contributed by atoms with Crippen LogP contribution in [0.15, 0.2) is 12.1 Å². The molecule has 1 aliphatic heterocycles. The molecule has 1 fully saturated rings. The second kappa shape index (κ2) is 5.72. The number of ether oxygens (including phenoxy) is 2. The van der Waals surface area contributed by atoms with Gasteiger partial charge in [-0.25, -0.2) is 0 Å². The first-order chi connectivity index (χ1) is 7.66. The monoisotopic (exact) mass is 347 g/mol. The van der Waals surface area contributed by atoms with Crippen LogP contribution in [0.4, 0.5) is 0 Å². The standard InChI is InChI=1S/C13H25NO2.Sn/c1-8-9-14-10-11(15-12(2,3)4)16-13(5,6)7;/h10H,1,8-9H2,2-7H3;/q-1;+1. The second-order valence-corrected chi connectivity index (χ2v) is 10.3. The summed E-state index contributed by atoms with van der Waals surface area (Å²) in [4.78, 5) is 0. The fourth-order valence-corrected chi connectivity index (χ4v) is 4.65. The molecule has 0 atom stereocenters. The summed E-state index contributed by atoms with van der Waals surface area (Å²) >= 11 is -0.363. The van der Waals surface area contributed by atoms with Crippen LogP contribution in [0, 0.1) is 0 Å². The molecule has 1 saturated heterocycles. The molecule has 1 aliphatic rings. The average molecular weight is 346 g/mol. The molecule has 0 saturated carbocycles. The Morgan fingerprint density at radius 1 is 1.06 bits per heavy atom. The van der Waals surface area contributed by atoms with Crippen molar-refractivity contribution < 1.29 is 9.47 Å². The van der Waals surface area contributed by atoms with Crippen molar-refractivity contribution >= 4 is 21.4 Å². The van der Waals surface area contributed by atoms with Gasteiger partial charge in [-0.2, -0.15) is 0 Å². The zero-order valence-corrected chi connectivity index (χ0v) is 14.8. The van der Waals surface area contributed by atoms with Gasteiger partial charge in [-0.05, 0) is 0 Å². The molecular weight excluding hydrogens is 321 g/mol. The Morgan fingerprint density at radius 3 is 1.94 bits per heavy atom. The van der Waals surface area contributed by atoms with Crippen molar-refractivity contribution in [3.05, 3.63) is 12.1 Å². The molecule has 0 N–H and O–H groups in total. The molecule has 0 aromatic heterocycles. The van der Waals surface area contributed by atoms with Crippen LogP contribution in [0.25, 0.3) is 0 Å². The number of hydrogen-bond acceptors (Lipinski definition) is 3. The molecule has 17 heavy (non-hydrogen) atoms. The molecule has 0 spiro atoms. The summed E-state index contributed by atoms with van der Waals surface area (Å²) in [5.74, 6) is 0.674. The van der Waals surface area contributed by atoms with E-state index in [1.54, 1.807) is 0 Å². The fourth-order valence-electron chi connectivity index (χ4n) is 1.47. The van der Waals surface area contributed by atoms with Crippen LogP contribution in [-0.2, 0) is 9.47 Å². The van der Waals surface area contributed by atoms with E-state index in [-0.39, 0.29) is 32.6 Å². The van der Waals surface area contributed by atoms with Crippen LogP contribution in [0.2, 0.25) is 4.44 Å². The van der Waals surface area contributed by atoms with Gasteiger partial charge in [-0.15, -0.1) is 0 Å². The summed E-state index contributed by atoms with van der Waals surface area (Å²) in [6.07, 6.45) is 3.43. The molecule has 0 unspecified atom stereocenters. The Balaban J connectivity index is 2.70. The maximum atomic E-state index is 5.90. The molecule has 0 aliphatic carbocycles. The van der Waals surface area contributed by atoms with Crippen molar-refractivity contribution in [2.45, 2.75) is 63.6 Å². The number of rotatable bonds is 3. The third kappa shape index (κ3) is 7.06. The van der Waals surface area contributed by atoms with E-state index in [0.29, 0.717) is 5.95 Å². The van der Waals surface area contributed by atoms with Crippen molar-refractivity contribution in [2.24, 2.45) is 0 Å². The van der Waals surface area contributed by atoms with Crippen molar-refractivity contribution in [3.63, 3.8) is 0 Å². The van der Waals surface area contributed by atoms with E-state index in [0.717, 1.165) is 0 Å². The van der Waals surface area contributed by atoms with Gasteiger partial charge in [-0.3, -0.25) is 0 Å². The third-order valence-corrected chi connectivity index (χ3v) is 5.78. The van der Waals surface area contributed by atoms with Crippen LogP contribution in [0.5, 0.6) is 0 Å². The van der Waals surface area contributed by atoms with E-state index in [1.165, 1.54) is 17.4 Å². The average Bonchev–Trinajstić information content (AvgIpc) is 2.49. The Morgan fingerprint density at radius 2 is 1.59 bits per heavy atom. The Hall–Kier alpha value is -0.0613. The van der Waals surface area contributed by atoms with Crippen LogP contribution < -0.4 is 0 Å². The van der Waals surface area contributed by atoms with Crippen molar-refractivity contribution in [2.75, 3.05) is 6.54 Å². The predicted octanol–water partition coefficient (Wildman–Crippen LogP) is 3.16. The van der Waals surface area contributed by atoms with E-state index in [9.17, 15) is 0 Å². The normalized spacial score (nSPS) is 16.9. The number of nitrogens with zero attached hydrogens (tertiary/aromatic N) is 1. The van der Waals surface area contributed by atoms with Crippen molar-refractivity contribution in [1.29, 1.82) is 0 Å². The van der Waals surface area contributed by atoms with Gasteiger partial charge in [-0.1, -0.05) is 0 Å². The Labute approximate surface area is 116 Å². The van der Waals surface area contributed by atoms with Gasteiger partial charge in [0, 0.05) is 0 Å². The molecule has 0 aromatic carbocycles. The van der Waals surface area contributed by atoms with E-state index in [4.69, 9.17) is 9.47 Å². The molecule has 0 aromatic rings. The van der Waals surface area contributed by atoms with Crippen LogP contribution in [0.1, 0.15) is 48.0 Å². The molecule has 0 amide bonds. The van der Waals surface area contributed by atoms with Gasteiger partial charge in [0.25, 0.3) is 0 Å². The molecule has 0 bridgehead atoms. The summed E-state index contributed by atoms with van der Waals surface area (Å²) < 4.78 is 15.7. The summed E-state index contributed by atoms with van der Waals surface area (Å²) in [6, 6.07) is 0. The summed E-state index contributed by atoms with van der Waals surface area (Å²) in [5, 5.41) is 0. The SMILES string of the molecule is CC(C)(C)OC(=C[N]1CC[CH2][Sn]1)OC(C)(C)C. The maximum absolute atomic E-state index is 5.90. The molecule has 1 heterocycles. The molecule has 3 nitrogen and oxygen atoms in total. The first kappa shape index (κ1) is 15.0. The van der Waals surface area contributed by atoms with E-state index in [2.05, 4.69) is 50.9 Å². The topological polar surface area (TPSA) is 21.7 Å². The Bertz CT molecular complexity index is 252. The molecule has 4 heteroatoms. The summed E-state index contributed by atoms with van der Waals surface area (Å²) in [5.41, 5.74) is -0.413. The van der Waals surface area contributed by atoms with E-state index >= 15 is 0 Å². The summed E-state index contributed by atoms with van der Waals surface area (Å²) in [6.45, 7) is 13.5. The van der Waals surface area contributed by atoms with Crippen LogP contribution in [-0.4, -0.2) is 42.3 Å². The van der Waals surface area contributed by atoms with Crippen molar-refractivity contribution in [3.8, 4) is 0 Å². The van der Waals surface area contributed by atoms with Crippen LogP contribution >= 0.6 is 0 Å². The van der Waals surface area contributed by atoms with Gasteiger partial charge in [0.1, 0.15) is 0 Å². The second-order valence-electron chi connectivity index (χ2n) is 6.33. The van der Waals surface area contributed by atoms with E-state index in [1.807, 2.05) is 0 Å². The number of hydrogen-bond donors (Lipinski definition) is 0. The summed E-state index contributed by atoms with van der Waals surface area (Å²) in [7, 11) is 0. The Kier molecular flexibility index (Phi) is 5.05. The van der Waals surface area contributed by atoms with Crippen molar-refractivity contribution in [1.82, 2.24) is 3.12 Å². The molecule has 98 valence electrons. The minimum atomic E-state index is -0.363. The van der Waals surface area contributed by atoms with Gasteiger partial charge >= 0.3 is 116 Å². The molecular formula is C13H25NO2Sn. The predicted molar refractivity (Wildman–Crippen MR) is 71.6 cm³/mol. The first-order valence-corrected chi connectivity index (χ1v) is 9.55.